The van der Waals surface area contributed by atoms with Crippen molar-refractivity contribution in [3.8, 4) is 0 Å². The Bertz CT molecular complexity index is 822. The van der Waals surface area contributed by atoms with Gasteiger partial charge in [0.2, 0.25) is 5.95 Å². The van der Waals surface area contributed by atoms with E-state index < -0.39 is 0 Å². The molecule has 0 saturated carbocycles. The molecule has 5 heteroatoms. The first kappa shape index (κ1) is 16.7. The number of anilines is 2. The maximum Gasteiger partial charge on any atom is 0.228 e. The number of pyridine rings is 1. The highest BCUT2D eigenvalue weighted by Gasteiger charge is 2.27. The van der Waals surface area contributed by atoms with Gasteiger partial charge in [-0.3, -0.25) is 4.90 Å². The summed E-state index contributed by atoms with van der Waals surface area (Å²) in [7, 11) is 0. The number of hydrogen-bond acceptors (Lipinski definition) is 5. The monoisotopic (exact) mass is 345 g/mol. The van der Waals surface area contributed by atoms with Crippen molar-refractivity contribution in [1.82, 2.24) is 19.9 Å². The van der Waals surface area contributed by atoms with Crippen LogP contribution in [0.4, 0.5) is 11.8 Å². The molecule has 0 bridgehead atoms. The first-order chi connectivity index (χ1) is 12.9. The molecular formula is C21H23N5. The zero-order chi connectivity index (χ0) is 17.6. The smallest absolute Gasteiger partial charge is 0.228 e. The summed E-state index contributed by atoms with van der Waals surface area (Å²) in [5.41, 5.74) is 2.47. The van der Waals surface area contributed by atoms with Gasteiger partial charge in [0, 0.05) is 18.9 Å². The predicted octanol–water partition coefficient (Wildman–Crippen LogP) is 3.99. The van der Waals surface area contributed by atoms with Crippen LogP contribution in [0.3, 0.4) is 0 Å². The Morgan fingerprint density at radius 3 is 2.69 bits per heavy atom. The van der Waals surface area contributed by atoms with E-state index in [9.17, 15) is 0 Å². The van der Waals surface area contributed by atoms with Crippen LogP contribution in [0.25, 0.3) is 0 Å². The van der Waals surface area contributed by atoms with Crippen molar-refractivity contribution in [2.24, 2.45) is 0 Å². The van der Waals surface area contributed by atoms with Crippen LogP contribution in [-0.4, -0.2) is 32.9 Å². The summed E-state index contributed by atoms with van der Waals surface area (Å²) >= 11 is 0. The first-order valence-electron chi connectivity index (χ1n) is 9.17. The molecule has 0 spiro atoms. The molecule has 26 heavy (non-hydrogen) atoms. The minimum Gasteiger partial charge on any atom is -0.309 e. The zero-order valence-electron chi connectivity index (χ0n) is 14.8. The molecule has 0 unspecified atom stereocenters. The van der Waals surface area contributed by atoms with Crippen LogP contribution in [0, 0.1) is 0 Å². The van der Waals surface area contributed by atoms with Gasteiger partial charge in [-0.15, -0.1) is 0 Å². The van der Waals surface area contributed by atoms with Crippen LogP contribution in [0.5, 0.6) is 0 Å². The lowest BCUT2D eigenvalue weighted by Crippen LogP contribution is -2.26. The molecule has 0 amide bonds. The van der Waals surface area contributed by atoms with Gasteiger partial charge < -0.3 is 5.32 Å². The number of rotatable bonds is 6. The first-order valence-corrected chi connectivity index (χ1v) is 9.17. The molecule has 0 radical (unpaired) electrons. The summed E-state index contributed by atoms with van der Waals surface area (Å²) < 4.78 is 0. The number of likely N-dealkylation sites (tertiary alicyclic amines) is 1. The number of nitrogens with zero attached hydrogens (tertiary/aromatic N) is 4. The lowest BCUT2D eigenvalue weighted by molar-refractivity contribution is 0.256. The van der Waals surface area contributed by atoms with Gasteiger partial charge in [0.15, 0.2) is 0 Å². The van der Waals surface area contributed by atoms with Crippen LogP contribution in [0.15, 0.2) is 67.0 Å². The van der Waals surface area contributed by atoms with E-state index in [-0.39, 0.29) is 0 Å². The SMILES string of the molecule is c1ccc(CCN2CCC[C@H]2c2ccnc(Nc3ccccn3)n2)cc1. The summed E-state index contributed by atoms with van der Waals surface area (Å²) in [5, 5.41) is 3.19. The van der Waals surface area contributed by atoms with Crippen molar-refractivity contribution < 1.29 is 0 Å². The van der Waals surface area contributed by atoms with E-state index in [0.717, 1.165) is 37.4 Å². The molecule has 1 aromatic carbocycles. The van der Waals surface area contributed by atoms with Crippen molar-refractivity contribution in [3.05, 3.63) is 78.2 Å². The lowest BCUT2D eigenvalue weighted by Gasteiger charge is -2.24. The molecule has 3 aromatic rings. The Hall–Kier alpha value is -2.79. The van der Waals surface area contributed by atoms with E-state index in [2.05, 4.69) is 50.5 Å². The molecule has 4 rings (SSSR count). The van der Waals surface area contributed by atoms with Crippen LogP contribution < -0.4 is 5.32 Å². The average molecular weight is 345 g/mol. The Morgan fingerprint density at radius 1 is 0.962 bits per heavy atom. The summed E-state index contributed by atoms with van der Waals surface area (Å²) in [5.74, 6) is 1.37. The fourth-order valence-electron chi connectivity index (χ4n) is 3.52. The summed E-state index contributed by atoms with van der Waals surface area (Å²) in [6.45, 7) is 2.19. The van der Waals surface area contributed by atoms with Crippen molar-refractivity contribution in [1.29, 1.82) is 0 Å². The predicted molar refractivity (Wildman–Crippen MR) is 103 cm³/mol. The van der Waals surface area contributed by atoms with Crippen molar-refractivity contribution in [2.75, 3.05) is 18.4 Å². The van der Waals surface area contributed by atoms with E-state index >= 15 is 0 Å². The Kier molecular flexibility index (Phi) is 5.17. The summed E-state index contributed by atoms with van der Waals surface area (Å²) in [6, 6.07) is 18.8. The summed E-state index contributed by atoms with van der Waals surface area (Å²) in [4.78, 5) is 15.9. The molecule has 5 nitrogen and oxygen atoms in total. The Labute approximate surface area is 154 Å². The Morgan fingerprint density at radius 2 is 1.85 bits per heavy atom. The molecule has 1 fully saturated rings. The van der Waals surface area contributed by atoms with Crippen LogP contribution in [0.1, 0.15) is 30.1 Å². The second-order valence-corrected chi connectivity index (χ2v) is 6.57. The molecule has 3 heterocycles. The zero-order valence-corrected chi connectivity index (χ0v) is 14.8. The van der Waals surface area contributed by atoms with Gasteiger partial charge >= 0.3 is 0 Å². The maximum absolute atomic E-state index is 4.75. The largest absolute Gasteiger partial charge is 0.309 e. The lowest BCUT2D eigenvalue weighted by atomic mass is 10.1. The minimum absolute atomic E-state index is 0.367. The van der Waals surface area contributed by atoms with Gasteiger partial charge in [0.05, 0.1) is 11.7 Å². The highest BCUT2D eigenvalue weighted by molar-refractivity contribution is 5.46. The van der Waals surface area contributed by atoms with E-state index in [0.29, 0.717) is 12.0 Å². The number of aromatic nitrogens is 3. The quantitative estimate of drug-likeness (QED) is 0.732. The van der Waals surface area contributed by atoms with Crippen LogP contribution >= 0.6 is 0 Å². The third-order valence-electron chi connectivity index (χ3n) is 4.82. The van der Waals surface area contributed by atoms with E-state index in [4.69, 9.17) is 4.98 Å². The van der Waals surface area contributed by atoms with Crippen molar-refractivity contribution in [3.63, 3.8) is 0 Å². The van der Waals surface area contributed by atoms with Crippen molar-refractivity contribution >= 4 is 11.8 Å². The van der Waals surface area contributed by atoms with E-state index in [1.807, 2.05) is 30.5 Å². The molecule has 1 aliphatic heterocycles. The average Bonchev–Trinajstić information content (AvgIpc) is 3.17. The van der Waals surface area contributed by atoms with Gasteiger partial charge in [-0.05, 0) is 49.6 Å². The Balaban J connectivity index is 1.44. The highest BCUT2D eigenvalue weighted by Crippen LogP contribution is 2.31. The second-order valence-electron chi connectivity index (χ2n) is 6.57. The molecule has 0 aliphatic carbocycles. The molecular weight excluding hydrogens is 322 g/mol. The normalized spacial score (nSPS) is 17.3. The molecule has 1 saturated heterocycles. The number of hydrogen-bond donors (Lipinski definition) is 1. The second kappa shape index (κ2) is 8.06. The molecule has 1 atom stereocenters. The summed E-state index contributed by atoms with van der Waals surface area (Å²) in [6.07, 6.45) is 7.03. The standard InChI is InChI=1S/C21H23N5/c1-2-7-17(8-3-1)12-16-26-15-6-9-19(26)18-11-14-23-21(24-18)25-20-10-4-5-13-22-20/h1-5,7-8,10-11,13-14,19H,6,9,12,15-16H2,(H,22,23,24,25)/t19-/m0/s1. The van der Waals surface area contributed by atoms with Crippen LogP contribution in [0.2, 0.25) is 0 Å². The third-order valence-corrected chi connectivity index (χ3v) is 4.82. The van der Waals surface area contributed by atoms with E-state index in [1.54, 1.807) is 6.20 Å². The van der Waals surface area contributed by atoms with Gasteiger partial charge in [-0.1, -0.05) is 36.4 Å². The fourth-order valence-corrected chi connectivity index (χ4v) is 3.52. The molecule has 1 aliphatic rings. The van der Waals surface area contributed by atoms with Gasteiger partial charge in [0.1, 0.15) is 5.82 Å². The van der Waals surface area contributed by atoms with Crippen molar-refractivity contribution in [2.45, 2.75) is 25.3 Å². The topological polar surface area (TPSA) is 53.9 Å². The van der Waals surface area contributed by atoms with Crippen LogP contribution in [-0.2, 0) is 6.42 Å². The highest BCUT2D eigenvalue weighted by atomic mass is 15.2. The van der Waals surface area contributed by atoms with Gasteiger partial charge in [-0.2, -0.15) is 0 Å². The third kappa shape index (κ3) is 4.06. The maximum atomic E-state index is 4.75. The minimum atomic E-state index is 0.367. The van der Waals surface area contributed by atoms with Gasteiger partial charge in [0.25, 0.3) is 0 Å². The molecule has 1 N–H and O–H groups in total. The van der Waals surface area contributed by atoms with E-state index in [1.165, 1.54) is 12.0 Å². The number of nitrogens with one attached hydrogen (secondary N) is 1. The number of benzene rings is 1. The molecule has 132 valence electrons. The fraction of sp³-hybridized carbons (Fsp3) is 0.286. The molecule has 2 aromatic heterocycles. The van der Waals surface area contributed by atoms with Gasteiger partial charge in [-0.25, -0.2) is 15.0 Å².